The zero-order valence-electron chi connectivity index (χ0n) is 14.6. The predicted molar refractivity (Wildman–Crippen MR) is 105 cm³/mol. The standard InChI is InChI=1S/C21H19N3O3/c25-19-11-10-16-8-4-5-9-17(16)18(19)14-23-24-21(27)20(26)22-13-12-15-6-2-1-3-7-15/h1-11,14,25H,12-13H2,(H,22,26)(H,24,27)/b23-14+. The summed E-state index contributed by atoms with van der Waals surface area (Å²) in [7, 11) is 0. The Balaban J connectivity index is 1.56. The van der Waals surface area contributed by atoms with Crippen LogP contribution in [0.2, 0.25) is 0 Å². The van der Waals surface area contributed by atoms with Crippen molar-refractivity contribution >= 4 is 28.8 Å². The lowest BCUT2D eigenvalue weighted by Crippen LogP contribution is -2.38. The Morgan fingerprint density at radius 3 is 2.48 bits per heavy atom. The minimum absolute atomic E-state index is 0.0408. The van der Waals surface area contributed by atoms with Crippen molar-refractivity contribution in [2.24, 2.45) is 5.10 Å². The molecule has 0 radical (unpaired) electrons. The third kappa shape index (κ3) is 4.70. The number of nitrogens with zero attached hydrogens (tertiary/aromatic N) is 1. The first-order valence-corrected chi connectivity index (χ1v) is 8.51. The van der Waals surface area contributed by atoms with E-state index in [0.717, 1.165) is 16.3 Å². The molecule has 3 aromatic carbocycles. The number of phenols is 1. The molecule has 0 aliphatic heterocycles. The average Bonchev–Trinajstić information content (AvgIpc) is 2.70. The molecular weight excluding hydrogens is 342 g/mol. The summed E-state index contributed by atoms with van der Waals surface area (Å²) in [5.74, 6) is -1.58. The second-order valence-electron chi connectivity index (χ2n) is 5.91. The van der Waals surface area contributed by atoms with E-state index in [9.17, 15) is 14.7 Å². The summed E-state index contributed by atoms with van der Waals surface area (Å²) >= 11 is 0. The number of aromatic hydroxyl groups is 1. The molecule has 0 aliphatic rings. The van der Waals surface area contributed by atoms with Crippen molar-refractivity contribution in [3.63, 3.8) is 0 Å². The maximum absolute atomic E-state index is 11.8. The van der Waals surface area contributed by atoms with E-state index in [4.69, 9.17) is 0 Å². The van der Waals surface area contributed by atoms with E-state index in [2.05, 4.69) is 15.8 Å². The van der Waals surface area contributed by atoms with Gasteiger partial charge >= 0.3 is 11.8 Å². The highest BCUT2D eigenvalue weighted by molar-refractivity contribution is 6.35. The molecule has 0 spiro atoms. The SMILES string of the molecule is O=C(NCCc1ccccc1)C(=O)N/N=C/c1c(O)ccc2ccccc12. The molecular formula is C21H19N3O3. The van der Waals surface area contributed by atoms with Crippen LogP contribution in [0.5, 0.6) is 5.75 Å². The van der Waals surface area contributed by atoms with Crippen molar-refractivity contribution in [1.82, 2.24) is 10.7 Å². The molecule has 27 heavy (non-hydrogen) atoms. The lowest BCUT2D eigenvalue weighted by atomic mass is 10.0. The Kier molecular flexibility index (Phi) is 5.79. The van der Waals surface area contributed by atoms with Gasteiger partial charge in [0.2, 0.25) is 0 Å². The van der Waals surface area contributed by atoms with Crippen molar-refractivity contribution in [2.75, 3.05) is 6.54 Å². The maximum Gasteiger partial charge on any atom is 0.329 e. The van der Waals surface area contributed by atoms with Crippen LogP contribution in [-0.4, -0.2) is 29.7 Å². The molecule has 3 N–H and O–H groups in total. The van der Waals surface area contributed by atoms with Crippen LogP contribution in [0.4, 0.5) is 0 Å². The van der Waals surface area contributed by atoms with Crippen molar-refractivity contribution < 1.29 is 14.7 Å². The molecule has 0 saturated heterocycles. The van der Waals surface area contributed by atoms with Gasteiger partial charge in [0.05, 0.1) is 6.21 Å². The summed E-state index contributed by atoms with van der Waals surface area (Å²) in [6, 6.07) is 20.5. The zero-order chi connectivity index (χ0) is 19.1. The topological polar surface area (TPSA) is 90.8 Å². The average molecular weight is 361 g/mol. The van der Waals surface area contributed by atoms with Crippen molar-refractivity contribution in [1.29, 1.82) is 0 Å². The van der Waals surface area contributed by atoms with Gasteiger partial charge in [-0.25, -0.2) is 5.43 Å². The molecule has 2 amide bonds. The van der Waals surface area contributed by atoms with Crippen molar-refractivity contribution in [3.8, 4) is 5.75 Å². The summed E-state index contributed by atoms with van der Waals surface area (Å²) in [6.45, 7) is 0.351. The fourth-order valence-electron chi connectivity index (χ4n) is 2.67. The fourth-order valence-corrected chi connectivity index (χ4v) is 2.67. The Morgan fingerprint density at radius 2 is 1.67 bits per heavy atom. The zero-order valence-corrected chi connectivity index (χ0v) is 14.6. The summed E-state index contributed by atoms with van der Waals surface area (Å²) < 4.78 is 0. The molecule has 0 heterocycles. The Hall–Kier alpha value is -3.67. The van der Waals surface area contributed by atoms with Gasteiger partial charge in [0.1, 0.15) is 5.75 Å². The fraction of sp³-hybridized carbons (Fsp3) is 0.0952. The van der Waals surface area contributed by atoms with Crippen LogP contribution in [0.1, 0.15) is 11.1 Å². The molecule has 0 atom stereocenters. The molecule has 6 nitrogen and oxygen atoms in total. The Bertz CT molecular complexity index is 984. The molecule has 0 bridgehead atoms. The highest BCUT2D eigenvalue weighted by Crippen LogP contribution is 2.25. The molecule has 0 aromatic heterocycles. The van der Waals surface area contributed by atoms with Crippen molar-refractivity contribution in [3.05, 3.63) is 77.9 Å². The number of rotatable bonds is 5. The summed E-state index contributed by atoms with van der Waals surface area (Å²) in [6.07, 6.45) is 1.96. The van der Waals surface area contributed by atoms with E-state index in [1.54, 1.807) is 12.1 Å². The van der Waals surface area contributed by atoms with Gasteiger partial charge in [-0.05, 0) is 28.8 Å². The quantitative estimate of drug-likeness (QED) is 0.370. The highest BCUT2D eigenvalue weighted by atomic mass is 16.3. The van der Waals surface area contributed by atoms with Crippen LogP contribution in [0.25, 0.3) is 10.8 Å². The van der Waals surface area contributed by atoms with Gasteiger partial charge in [-0.1, -0.05) is 60.7 Å². The number of hydrogen-bond donors (Lipinski definition) is 3. The number of phenolic OH excluding ortho intramolecular Hbond substituents is 1. The second kappa shape index (κ2) is 8.62. The summed E-state index contributed by atoms with van der Waals surface area (Å²) in [5, 5.41) is 18.1. The number of carbonyl (C=O) groups excluding carboxylic acids is 2. The Morgan fingerprint density at radius 1 is 0.926 bits per heavy atom. The molecule has 0 fully saturated rings. The van der Waals surface area contributed by atoms with E-state index >= 15 is 0 Å². The van der Waals surface area contributed by atoms with Crippen LogP contribution < -0.4 is 10.7 Å². The second-order valence-corrected chi connectivity index (χ2v) is 5.91. The van der Waals surface area contributed by atoms with Gasteiger partial charge in [0, 0.05) is 12.1 Å². The Labute approximate surface area is 156 Å². The number of fused-ring (bicyclic) bond motifs is 1. The molecule has 3 rings (SSSR count). The van der Waals surface area contributed by atoms with Crippen LogP contribution in [0, 0.1) is 0 Å². The van der Waals surface area contributed by atoms with Crippen LogP contribution in [-0.2, 0) is 16.0 Å². The number of hydrogen-bond acceptors (Lipinski definition) is 4. The van der Waals surface area contributed by atoms with E-state index in [-0.39, 0.29) is 5.75 Å². The van der Waals surface area contributed by atoms with Crippen LogP contribution in [0.3, 0.4) is 0 Å². The third-order valence-corrected chi connectivity index (χ3v) is 4.06. The van der Waals surface area contributed by atoms with E-state index < -0.39 is 11.8 Å². The molecule has 3 aromatic rings. The van der Waals surface area contributed by atoms with Gasteiger partial charge in [0.15, 0.2) is 0 Å². The molecule has 136 valence electrons. The van der Waals surface area contributed by atoms with Gasteiger partial charge < -0.3 is 10.4 Å². The normalized spacial score (nSPS) is 10.8. The number of hydrazone groups is 1. The molecule has 0 aliphatic carbocycles. The number of carbonyl (C=O) groups is 2. The lowest BCUT2D eigenvalue weighted by molar-refractivity contribution is -0.139. The first kappa shape index (κ1) is 18.1. The van der Waals surface area contributed by atoms with E-state index in [0.29, 0.717) is 18.5 Å². The molecule has 0 unspecified atom stereocenters. The third-order valence-electron chi connectivity index (χ3n) is 4.06. The van der Waals surface area contributed by atoms with Gasteiger partial charge in [-0.2, -0.15) is 5.10 Å². The number of amides is 2. The minimum atomic E-state index is -0.862. The maximum atomic E-state index is 11.8. The van der Waals surface area contributed by atoms with E-state index in [1.807, 2.05) is 54.6 Å². The first-order chi connectivity index (χ1) is 13.1. The van der Waals surface area contributed by atoms with Crippen molar-refractivity contribution in [2.45, 2.75) is 6.42 Å². The number of nitrogens with one attached hydrogen (secondary N) is 2. The molecule has 6 heteroatoms. The van der Waals surface area contributed by atoms with Gasteiger partial charge in [-0.3, -0.25) is 9.59 Å². The summed E-state index contributed by atoms with van der Waals surface area (Å²) in [5.41, 5.74) is 3.72. The summed E-state index contributed by atoms with van der Waals surface area (Å²) in [4.78, 5) is 23.6. The monoisotopic (exact) mass is 361 g/mol. The van der Waals surface area contributed by atoms with Gasteiger partial charge in [-0.15, -0.1) is 0 Å². The lowest BCUT2D eigenvalue weighted by Gasteiger charge is -2.05. The molecule has 0 saturated carbocycles. The minimum Gasteiger partial charge on any atom is -0.507 e. The van der Waals surface area contributed by atoms with Crippen LogP contribution in [0.15, 0.2) is 71.8 Å². The number of benzene rings is 3. The van der Waals surface area contributed by atoms with Gasteiger partial charge in [0.25, 0.3) is 0 Å². The first-order valence-electron chi connectivity index (χ1n) is 8.51. The van der Waals surface area contributed by atoms with E-state index in [1.165, 1.54) is 6.21 Å². The smallest absolute Gasteiger partial charge is 0.329 e. The van der Waals surface area contributed by atoms with Crippen LogP contribution >= 0.6 is 0 Å². The largest absolute Gasteiger partial charge is 0.507 e. The highest BCUT2D eigenvalue weighted by Gasteiger charge is 2.12. The predicted octanol–water partition coefficient (Wildman–Crippen LogP) is 2.35.